The normalized spacial score (nSPS) is 17.9. The molecule has 7 nitrogen and oxygen atoms in total. The number of hydrogen-bond acceptors (Lipinski definition) is 4. The number of halogens is 3. The number of alkyl halides is 3. The van der Waals surface area contributed by atoms with E-state index in [1.165, 1.54) is 0 Å². The molecule has 0 spiro atoms. The van der Waals surface area contributed by atoms with E-state index >= 15 is 0 Å². The van der Waals surface area contributed by atoms with Crippen molar-refractivity contribution in [3.63, 3.8) is 0 Å². The fourth-order valence-corrected chi connectivity index (χ4v) is 3.59. The van der Waals surface area contributed by atoms with E-state index in [4.69, 9.17) is 4.74 Å². The highest BCUT2D eigenvalue weighted by Crippen LogP contribution is 2.28. The summed E-state index contributed by atoms with van der Waals surface area (Å²) in [5.41, 5.74) is -5.25. The molecule has 1 aliphatic heterocycles. The molecular formula is C16H31F3N4O3S. The summed E-state index contributed by atoms with van der Waals surface area (Å²) in [7, 11) is -5.24. The highest BCUT2D eigenvalue weighted by atomic mass is 32.2. The van der Waals surface area contributed by atoms with E-state index in [0.717, 1.165) is 25.9 Å². The molecular weight excluding hydrogens is 385 g/mol. The van der Waals surface area contributed by atoms with Crippen molar-refractivity contribution in [3.05, 3.63) is 0 Å². The van der Waals surface area contributed by atoms with Gasteiger partial charge in [0.1, 0.15) is 0 Å². The second kappa shape index (κ2) is 11.7. The molecule has 0 amide bonds. The molecule has 0 atom stereocenters. The Kier molecular flexibility index (Phi) is 10.4. The van der Waals surface area contributed by atoms with Gasteiger partial charge in [-0.15, -0.1) is 0 Å². The van der Waals surface area contributed by atoms with Crippen LogP contribution in [0.2, 0.25) is 0 Å². The zero-order chi connectivity index (χ0) is 20.3. The zero-order valence-electron chi connectivity index (χ0n) is 16.0. The molecule has 0 aromatic rings. The zero-order valence-corrected chi connectivity index (χ0v) is 16.8. The van der Waals surface area contributed by atoms with Crippen LogP contribution in [0.3, 0.4) is 0 Å². The molecule has 0 aromatic heterocycles. The van der Waals surface area contributed by atoms with Gasteiger partial charge in [0.15, 0.2) is 5.96 Å². The van der Waals surface area contributed by atoms with E-state index in [2.05, 4.69) is 22.5 Å². The number of aliphatic imine (C=N–C) groups is 1. The SMILES string of the molecule is CCCCOCCCN=C(NCC)NC1CCN(S(=O)(=O)C(F)(F)F)CC1. The highest BCUT2D eigenvalue weighted by Gasteiger charge is 2.50. The smallest absolute Gasteiger partial charge is 0.381 e. The number of guanidine groups is 1. The summed E-state index contributed by atoms with van der Waals surface area (Å²) in [6.07, 6.45) is 3.49. The molecule has 1 saturated heterocycles. The van der Waals surface area contributed by atoms with Crippen molar-refractivity contribution in [2.24, 2.45) is 4.99 Å². The maximum Gasteiger partial charge on any atom is 0.511 e. The fraction of sp³-hybridized carbons (Fsp3) is 0.938. The van der Waals surface area contributed by atoms with Gasteiger partial charge in [-0.25, -0.2) is 8.42 Å². The van der Waals surface area contributed by atoms with Gasteiger partial charge in [-0.3, -0.25) is 4.99 Å². The number of sulfonamides is 1. The average Bonchev–Trinajstić information content (AvgIpc) is 2.60. The monoisotopic (exact) mass is 416 g/mol. The fourth-order valence-electron chi connectivity index (χ4n) is 2.61. The standard InChI is InChI=1S/C16H31F3N4O3S/c1-3-5-12-26-13-6-9-21-15(20-4-2)22-14-7-10-23(11-8-14)27(24,25)16(17,18)19/h14H,3-13H2,1-2H3,(H2,20,21,22). The van der Waals surface area contributed by atoms with Gasteiger partial charge in [0.2, 0.25) is 0 Å². The van der Waals surface area contributed by atoms with E-state index in [1.807, 2.05) is 6.92 Å². The largest absolute Gasteiger partial charge is 0.511 e. The van der Waals surface area contributed by atoms with Crippen molar-refractivity contribution in [3.8, 4) is 0 Å². The first-order valence-corrected chi connectivity index (χ1v) is 10.8. The van der Waals surface area contributed by atoms with Crippen molar-refractivity contribution in [2.45, 2.75) is 57.5 Å². The molecule has 1 fully saturated rings. The van der Waals surface area contributed by atoms with Crippen molar-refractivity contribution >= 4 is 16.0 Å². The van der Waals surface area contributed by atoms with Gasteiger partial charge < -0.3 is 15.4 Å². The average molecular weight is 417 g/mol. The van der Waals surface area contributed by atoms with Crippen molar-refractivity contribution in [1.82, 2.24) is 14.9 Å². The quantitative estimate of drug-likeness (QED) is 0.324. The number of nitrogens with zero attached hydrogens (tertiary/aromatic N) is 2. The van der Waals surface area contributed by atoms with Gasteiger partial charge in [0, 0.05) is 45.4 Å². The number of rotatable bonds is 10. The molecule has 0 saturated carbocycles. The second-order valence-corrected chi connectivity index (χ2v) is 8.28. The molecule has 27 heavy (non-hydrogen) atoms. The molecule has 1 aliphatic rings. The van der Waals surface area contributed by atoms with Crippen LogP contribution in [-0.4, -0.2) is 69.6 Å². The van der Waals surface area contributed by atoms with Crippen LogP contribution in [0.1, 0.15) is 46.0 Å². The van der Waals surface area contributed by atoms with E-state index in [9.17, 15) is 21.6 Å². The van der Waals surface area contributed by atoms with E-state index in [0.29, 0.717) is 42.8 Å². The first-order valence-electron chi connectivity index (χ1n) is 9.41. The molecule has 1 rings (SSSR count). The van der Waals surface area contributed by atoms with Crippen molar-refractivity contribution in [2.75, 3.05) is 39.4 Å². The molecule has 0 unspecified atom stereocenters. The van der Waals surface area contributed by atoms with Crippen LogP contribution in [0, 0.1) is 0 Å². The lowest BCUT2D eigenvalue weighted by Gasteiger charge is -2.32. The molecule has 160 valence electrons. The van der Waals surface area contributed by atoms with Gasteiger partial charge >= 0.3 is 15.5 Å². The Morgan fingerprint density at radius 2 is 1.81 bits per heavy atom. The Bertz CT molecular complexity index is 548. The van der Waals surface area contributed by atoms with Crippen LogP contribution >= 0.6 is 0 Å². The van der Waals surface area contributed by atoms with Crippen LogP contribution in [0.4, 0.5) is 13.2 Å². The molecule has 0 radical (unpaired) electrons. The number of nitrogens with one attached hydrogen (secondary N) is 2. The lowest BCUT2D eigenvalue weighted by atomic mass is 10.1. The number of unbranched alkanes of at least 4 members (excludes halogenated alkanes) is 1. The van der Waals surface area contributed by atoms with Crippen LogP contribution in [0.25, 0.3) is 0 Å². The maximum absolute atomic E-state index is 12.6. The van der Waals surface area contributed by atoms with Crippen molar-refractivity contribution in [1.29, 1.82) is 0 Å². The second-order valence-electron chi connectivity index (χ2n) is 6.35. The third-order valence-electron chi connectivity index (χ3n) is 4.13. The Hall–Kier alpha value is -1.07. The minimum absolute atomic E-state index is 0.122. The Labute approximate surface area is 159 Å². The highest BCUT2D eigenvalue weighted by molar-refractivity contribution is 7.90. The van der Waals surface area contributed by atoms with Crippen molar-refractivity contribution < 1.29 is 26.3 Å². The summed E-state index contributed by atoms with van der Waals surface area (Å²) in [5, 5.41) is 6.27. The van der Waals surface area contributed by atoms with Crippen LogP contribution in [0.15, 0.2) is 4.99 Å². The summed E-state index contributed by atoms with van der Waals surface area (Å²) in [4.78, 5) is 4.43. The lowest BCUT2D eigenvalue weighted by molar-refractivity contribution is -0.0494. The third-order valence-corrected chi connectivity index (χ3v) is 5.76. The van der Waals surface area contributed by atoms with Crippen LogP contribution in [-0.2, 0) is 14.8 Å². The topological polar surface area (TPSA) is 83.0 Å². The van der Waals surface area contributed by atoms with E-state index in [1.54, 1.807) is 0 Å². The summed E-state index contributed by atoms with van der Waals surface area (Å²) in [6.45, 7) is 6.31. The van der Waals surface area contributed by atoms with Gasteiger partial charge in [0.05, 0.1) is 0 Å². The minimum atomic E-state index is -5.25. The molecule has 0 aromatic carbocycles. The Morgan fingerprint density at radius 1 is 1.19 bits per heavy atom. The molecule has 2 N–H and O–H groups in total. The maximum atomic E-state index is 12.6. The molecule has 0 bridgehead atoms. The molecule has 1 heterocycles. The third kappa shape index (κ3) is 8.22. The van der Waals surface area contributed by atoms with Gasteiger partial charge in [0.25, 0.3) is 0 Å². The van der Waals surface area contributed by atoms with Gasteiger partial charge in [-0.2, -0.15) is 17.5 Å². The van der Waals surface area contributed by atoms with Crippen LogP contribution in [0.5, 0.6) is 0 Å². The van der Waals surface area contributed by atoms with Gasteiger partial charge in [-0.1, -0.05) is 13.3 Å². The Balaban J connectivity index is 2.43. The minimum Gasteiger partial charge on any atom is -0.381 e. The summed E-state index contributed by atoms with van der Waals surface area (Å²) >= 11 is 0. The first-order chi connectivity index (χ1) is 12.7. The van der Waals surface area contributed by atoms with E-state index in [-0.39, 0.29) is 19.1 Å². The predicted molar refractivity (Wildman–Crippen MR) is 99.0 cm³/mol. The first kappa shape index (κ1) is 24.0. The van der Waals surface area contributed by atoms with Crippen LogP contribution < -0.4 is 10.6 Å². The number of ether oxygens (including phenoxy) is 1. The summed E-state index contributed by atoms with van der Waals surface area (Å²) < 4.78 is 66.7. The number of piperidine rings is 1. The summed E-state index contributed by atoms with van der Waals surface area (Å²) in [6, 6.07) is -0.122. The predicted octanol–water partition coefficient (Wildman–Crippen LogP) is 2.06. The van der Waals surface area contributed by atoms with Gasteiger partial charge in [-0.05, 0) is 32.6 Å². The Morgan fingerprint density at radius 3 is 2.37 bits per heavy atom. The molecule has 0 aliphatic carbocycles. The lowest BCUT2D eigenvalue weighted by Crippen LogP contribution is -2.51. The molecule has 11 heteroatoms. The van der Waals surface area contributed by atoms with E-state index < -0.39 is 15.5 Å². The number of hydrogen-bond donors (Lipinski definition) is 2. The summed E-state index contributed by atoms with van der Waals surface area (Å²) in [5.74, 6) is 0.586.